The van der Waals surface area contributed by atoms with Crippen LogP contribution in [0.1, 0.15) is 213 Å². The first-order valence-corrected chi connectivity index (χ1v) is 22.5. The van der Waals surface area contributed by atoms with Crippen molar-refractivity contribution in [3.8, 4) is 0 Å². The largest absolute Gasteiger partial charge is 0.480 e. The minimum absolute atomic E-state index is 0.115. The number of nitrogens with one attached hydrogen (secondary N) is 1. The van der Waals surface area contributed by atoms with Gasteiger partial charge in [0, 0.05) is 12.8 Å². The number of carbonyl (C=O) groups is 3. The second-order valence-corrected chi connectivity index (χ2v) is 15.1. The van der Waals surface area contributed by atoms with Gasteiger partial charge >= 0.3 is 11.9 Å². The summed E-state index contributed by atoms with van der Waals surface area (Å²) in [4.78, 5) is 36.3. The SMILES string of the molecule is CC/C=C\C/C=C\C/C=C\C(CCCCCCC(=O)NC(CCCN)C(=O)O)OC(=O)CCCCCCCCCCC/C=C\CCCCCCCCCC. The van der Waals surface area contributed by atoms with E-state index in [-0.39, 0.29) is 18.0 Å². The lowest BCUT2D eigenvalue weighted by Crippen LogP contribution is -2.40. The predicted molar refractivity (Wildman–Crippen MR) is 230 cm³/mol. The third kappa shape index (κ3) is 37.6. The van der Waals surface area contributed by atoms with Crippen LogP contribution in [0.3, 0.4) is 0 Å². The van der Waals surface area contributed by atoms with Crippen molar-refractivity contribution in [2.45, 2.75) is 225 Å². The smallest absolute Gasteiger partial charge is 0.326 e. The quantitative estimate of drug-likeness (QED) is 0.0325. The molecule has 0 saturated carbocycles. The molecule has 0 aromatic heterocycles. The molecule has 2 atom stereocenters. The van der Waals surface area contributed by atoms with E-state index < -0.39 is 12.0 Å². The number of aliphatic carboxylic acids is 1. The van der Waals surface area contributed by atoms with Crippen LogP contribution < -0.4 is 11.1 Å². The lowest BCUT2D eigenvalue weighted by atomic mass is 10.0. The Bertz CT molecular complexity index is 989. The number of hydrogen-bond donors (Lipinski definition) is 3. The number of nitrogens with two attached hydrogens (primary N) is 1. The molecular formula is C47H84N2O5. The summed E-state index contributed by atoms with van der Waals surface area (Å²) in [6.45, 7) is 4.81. The first-order chi connectivity index (χ1) is 26.4. The average Bonchev–Trinajstić information content (AvgIpc) is 3.16. The van der Waals surface area contributed by atoms with E-state index >= 15 is 0 Å². The van der Waals surface area contributed by atoms with Crippen molar-refractivity contribution in [1.29, 1.82) is 0 Å². The van der Waals surface area contributed by atoms with Gasteiger partial charge in [-0.25, -0.2) is 4.79 Å². The molecule has 0 heterocycles. The molecule has 0 aliphatic carbocycles. The molecule has 0 radical (unpaired) electrons. The number of hydrogen-bond acceptors (Lipinski definition) is 5. The second kappa shape index (κ2) is 41.5. The Morgan fingerprint density at radius 2 is 1.07 bits per heavy atom. The molecule has 54 heavy (non-hydrogen) atoms. The van der Waals surface area contributed by atoms with E-state index in [1.54, 1.807) is 0 Å². The number of rotatable bonds is 40. The van der Waals surface area contributed by atoms with Crippen LogP contribution in [0.4, 0.5) is 0 Å². The van der Waals surface area contributed by atoms with Gasteiger partial charge in [0.25, 0.3) is 0 Å². The van der Waals surface area contributed by atoms with Crippen molar-refractivity contribution in [2.24, 2.45) is 5.73 Å². The Balaban J connectivity index is 4.17. The van der Waals surface area contributed by atoms with Gasteiger partial charge in [0.1, 0.15) is 12.1 Å². The number of amides is 1. The Labute approximate surface area is 332 Å². The van der Waals surface area contributed by atoms with Gasteiger partial charge in [0.05, 0.1) is 0 Å². The van der Waals surface area contributed by atoms with E-state index in [0.29, 0.717) is 38.6 Å². The lowest BCUT2D eigenvalue weighted by molar-refractivity contribution is -0.147. The zero-order valence-corrected chi connectivity index (χ0v) is 35.1. The van der Waals surface area contributed by atoms with Crippen molar-refractivity contribution in [3.63, 3.8) is 0 Å². The van der Waals surface area contributed by atoms with Gasteiger partial charge < -0.3 is 20.9 Å². The lowest BCUT2D eigenvalue weighted by Gasteiger charge is -2.15. The fraction of sp³-hybridized carbons (Fsp3) is 0.766. The van der Waals surface area contributed by atoms with Gasteiger partial charge in [-0.3, -0.25) is 9.59 Å². The van der Waals surface area contributed by atoms with Crippen LogP contribution in [0.15, 0.2) is 48.6 Å². The molecule has 0 aromatic carbocycles. The number of carboxylic acids is 1. The highest BCUT2D eigenvalue weighted by Crippen LogP contribution is 2.16. The number of carboxylic acid groups (broad SMARTS) is 1. The zero-order chi connectivity index (χ0) is 39.6. The van der Waals surface area contributed by atoms with Gasteiger partial charge in [-0.15, -0.1) is 0 Å². The summed E-state index contributed by atoms with van der Waals surface area (Å²) in [5.41, 5.74) is 5.48. The van der Waals surface area contributed by atoms with Crippen LogP contribution in [0, 0.1) is 0 Å². The number of carbonyl (C=O) groups excluding carboxylic acids is 2. The van der Waals surface area contributed by atoms with Crippen LogP contribution in [-0.2, 0) is 19.1 Å². The van der Waals surface area contributed by atoms with Crippen molar-refractivity contribution >= 4 is 17.8 Å². The Hall–Kier alpha value is -2.67. The molecule has 312 valence electrons. The molecule has 7 nitrogen and oxygen atoms in total. The first kappa shape index (κ1) is 51.3. The van der Waals surface area contributed by atoms with Crippen molar-refractivity contribution in [2.75, 3.05) is 6.54 Å². The molecule has 0 rings (SSSR count). The highest BCUT2D eigenvalue weighted by molar-refractivity contribution is 5.83. The fourth-order valence-corrected chi connectivity index (χ4v) is 6.50. The van der Waals surface area contributed by atoms with E-state index in [1.165, 1.54) is 109 Å². The van der Waals surface area contributed by atoms with Gasteiger partial charge in [-0.05, 0) is 96.1 Å². The van der Waals surface area contributed by atoms with Gasteiger partial charge in [0.2, 0.25) is 5.91 Å². The van der Waals surface area contributed by atoms with E-state index in [2.05, 4.69) is 61.7 Å². The predicted octanol–water partition coefficient (Wildman–Crippen LogP) is 12.8. The molecule has 0 bridgehead atoms. The maximum absolute atomic E-state index is 12.7. The Morgan fingerprint density at radius 3 is 1.63 bits per heavy atom. The van der Waals surface area contributed by atoms with Crippen LogP contribution in [0.5, 0.6) is 0 Å². The molecule has 2 unspecified atom stereocenters. The van der Waals surface area contributed by atoms with E-state index in [4.69, 9.17) is 10.5 Å². The molecule has 0 aliphatic rings. The molecule has 0 saturated heterocycles. The summed E-state index contributed by atoms with van der Waals surface area (Å²) in [5, 5.41) is 11.9. The summed E-state index contributed by atoms with van der Waals surface area (Å²) >= 11 is 0. The summed E-state index contributed by atoms with van der Waals surface area (Å²) in [7, 11) is 0. The van der Waals surface area contributed by atoms with Crippen molar-refractivity contribution in [1.82, 2.24) is 5.32 Å². The van der Waals surface area contributed by atoms with Crippen LogP contribution >= 0.6 is 0 Å². The maximum Gasteiger partial charge on any atom is 0.326 e. The third-order valence-electron chi connectivity index (χ3n) is 9.86. The molecule has 0 aliphatic heterocycles. The van der Waals surface area contributed by atoms with Crippen LogP contribution in [0.25, 0.3) is 0 Å². The molecule has 1 amide bonds. The van der Waals surface area contributed by atoms with Gasteiger partial charge in [-0.1, -0.05) is 159 Å². The summed E-state index contributed by atoms with van der Waals surface area (Å²) in [5.74, 6) is -1.37. The first-order valence-electron chi connectivity index (χ1n) is 22.5. The standard InChI is InChI=1S/C47H84N2O5/c1-3-5-7-9-11-13-14-15-16-17-18-19-20-21-22-23-24-25-27-29-35-41-46(51)54-43(37-32-28-26-12-10-8-6-4-2)38-33-30-31-34-40-45(50)49-44(47(52)53)39-36-42-48/h6,8,12,17-18,26,32,37,43-44H,3-5,7,9-11,13-16,19-25,27-31,33-36,38-42,48H2,1-2H3,(H,49,50)(H,52,53)/b8-6-,18-17-,26-12-,37-32-. The summed E-state index contributed by atoms with van der Waals surface area (Å²) in [6.07, 6.45) is 50.5. The van der Waals surface area contributed by atoms with Crippen molar-refractivity contribution < 1.29 is 24.2 Å². The number of esters is 1. The van der Waals surface area contributed by atoms with E-state index in [9.17, 15) is 19.5 Å². The number of ether oxygens (including phenoxy) is 1. The molecule has 7 heteroatoms. The van der Waals surface area contributed by atoms with Gasteiger partial charge in [0.15, 0.2) is 0 Å². The highest BCUT2D eigenvalue weighted by Gasteiger charge is 2.19. The highest BCUT2D eigenvalue weighted by atomic mass is 16.5. The third-order valence-corrected chi connectivity index (χ3v) is 9.86. The average molecular weight is 757 g/mol. The molecular weight excluding hydrogens is 673 g/mol. The molecule has 0 aromatic rings. The molecule has 0 fully saturated rings. The minimum Gasteiger partial charge on any atom is -0.480 e. The Kier molecular flexibility index (Phi) is 39.4. The summed E-state index contributed by atoms with van der Waals surface area (Å²) in [6, 6.07) is -0.877. The minimum atomic E-state index is -1.02. The zero-order valence-electron chi connectivity index (χ0n) is 35.1. The number of unbranched alkanes of at least 4 members (excludes halogenated alkanes) is 20. The van der Waals surface area contributed by atoms with E-state index in [1.807, 2.05) is 6.08 Å². The molecule has 4 N–H and O–H groups in total. The summed E-state index contributed by atoms with van der Waals surface area (Å²) < 4.78 is 5.90. The monoisotopic (exact) mass is 757 g/mol. The Morgan fingerprint density at radius 1 is 0.574 bits per heavy atom. The molecule has 0 spiro atoms. The van der Waals surface area contributed by atoms with Crippen LogP contribution in [0.2, 0.25) is 0 Å². The van der Waals surface area contributed by atoms with Gasteiger partial charge in [-0.2, -0.15) is 0 Å². The van der Waals surface area contributed by atoms with Crippen molar-refractivity contribution in [3.05, 3.63) is 48.6 Å². The number of allylic oxidation sites excluding steroid dienone is 7. The topological polar surface area (TPSA) is 119 Å². The maximum atomic E-state index is 12.7. The van der Waals surface area contributed by atoms with Crippen LogP contribution in [-0.4, -0.2) is 41.6 Å². The normalized spacial score (nSPS) is 13.1. The fourth-order valence-electron chi connectivity index (χ4n) is 6.50. The van der Waals surface area contributed by atoms with E-state index in [0.717, 1.165) is 57.8 Å². The second-order valence-electron chi connectivity index (χ2n) is 15.1.